The van der Waals surface area contributed by atoms with E-state index in [9.17, 15) is 13.2 Å². The standard InChI is InChI=1S/C20H21N3O5S/c1-14(2)20(24)21-17-13-19(18(12-15(17)3)22-23-29(25,26)27)28-11-7-10-16-8-5-4-6-9-16/h4-10,12-13H,1,11H2,2-3H3,(H,21,24)(H,25,26,27). The first-order chi connectivity index (χ1) is 13.7. The van der Waals surface area contributed by atoms with Crippen molar-refractivity contribution in [2.24, 2.45) is 9.63 Å². The highest BCUT2D eigenvalue weighted by atomic mass is 32.2. The number of aryl methyl sites for hydroxylation is 1. The Bertz CT molecular complexity index is 1060. The summed E-state index contributed by atoms with van der Waals surface area (Å²) in [6, 6.07) is 12.6. The molecule has 2 N–H and O–H groups in total. The van der Waals surface area contributed by atoms with Crippen molar-refractivity contribution in [3.63, 3.8) is 0 Å². The van der Waals surface area contributed by atoms with Gasteiger partial charge in [0.25, 0.3) is 5.91 Å². The predicted octanol–water partition coefficient (Wildman–Crippen LogP) is 4.49. The minimum Gasteiger partial charge on any atom is -0.487 e. The highest BCUT2D eigenvalue weighted by molar-refractivity contribution is 7.84. The zero-order chi connectivity index (χ0) is 21.4. The molecule has 2 rings (SSSR count). The van der Waals surface area contributed by atoms with Crippen LogP contribution in [0.3, 0.4) is 0 Å². The molecule has 9 heteroatoms. The molecule has 0 atom stereocenters. The quantitative estimate of drug-likeness (QED) is 0.374. The molecular weight excluding hydrogens is 394 g/mol. The number of benzene rings is 2. The van der Waals surface area contributed by atoms with Gasteiger partial charge in [-0.15, -0.1) is 5.11 Å². The second-order valence-electron chi connectivity index (χ2n) is 6.12. The Morgan fingerprint density at radius 2 is 1.97 bits per heavy atom. The molecule has 0 unspecified atom stereocenters. The lowest BCUT2D eigenvalue weighted by molar-refractivity contribution is -0.112. The molecule has 0 bridgehead atoms. The number of amides is 1. The molecule has 0 radical (unpaired) electrons. The van der Waals surface area contributed by atoms with Gasteiger partial charge < -0.3 is 10.1 Å². The molecule has 8 nitrogen and oxygen atoms in total. The highest BCUT2D eigenvalue weighted by Gasteiger charge is 2.12. The lowest BCUT2D eigenvalue weighted by Crippen LogP contribution is -2.13. The Morgan fingerprint density at radius 1 is 1.28 bits per heavy atom. The summed E-state index contributed by atoms with van der Waals surface area (Å²) >= 11 is 0. The molecule has 0 spiro atoms. The van der Waals surface area contributed by atoms with Gasteiger partial charge in [-0.05, 0) is 41.6 Å². The maximum Gasteiger partial charge on any atom is 0.396 e. The van der Waals surface area contributed by atoms with Crippen LogP contribution < -0.4 is 10.1 Å². The summed E-state index contributed by atoms with van der Waals surface area (Å²) in [6.07, 6.45) is 3.63. The van der Waals surface area contributed by atoms with Crippen LogP contribution in [-0.4, -0.2) is 25.5 Å². The fraction of sp³-hybridized carbons (Fsp3) is 0.150. The molecule has 0 aliphatic heterocycles. The van der Waals surface area contributed by atoms with Crippen LogP contribution in [0.5, 0.6) is 5.75 Å². The molecule has 0 aliphatic carbocycles. The first-order valence-electron chi connectivity index (χ1n) is 8.52. The van der Waals surface area contributed by atoms with Crippen molar-refractivity contribution >= 4 is 33.7 Å². The Hall–Kier alpha value is -3.30. The van der Waals surface area contributed by atoms with Crippen LogP contribution in [0.15, 0.2) is 70.3 Å². The molecule has 0 saturated carbocycles. The summed E-state index contributed by atoms with van der Waals surface area (Å²) in [6.45, 7) is 7.01. The van der Waals surface area contributed by atoms with Crippen LogP contribution in [0.25, 0.3) is 6.08 Å². The molecule has 0 aliphatic rings. The smallest absolute Gasteiger partial charge is 0.396 e. The van der Waals surface area contributed by atoms with E-state index in [0.717, 1.165) is 5.56 Å². The number of hydrogen-bond acceptors (Lipinski definition) is 5. The molecule has 152 valence electrons. The number of nitrogens with zero attached hydrogens (tertiary/aromatic N) is 2. The van der Waals surface area contributed by atoms with Crippen molar-refractivity contribution in [3.8, 4) is 5.75 Å². The van der Waals surface area contributed by atoms with Gasteiger partial charge in [0.1, 0.15) is 18.0 Å². The lowest BCUT2D eigenvalue weighted by Gasteiger charge is -2.13. The maximum absolute atomic E-state index is 11.9. The van der Waals surface area contributed by atoms with Crippen molar-refractivity contribution in [2.75, 3.05) is 11.9 Å². The first kappa shape index (κ1) is 22.0. The van der Waals surface area contributed by atoms with E-state index in [2.05, 4.69) is 21.5 Å². The van der Waals surface area contributed by atoms with Gasteiger partial charge in [-0.1, -0.05) is 43.0 Å². The Labute approximate surface area is 169 Å². The zero-order valence-corrected chi connectivity index (χ0v) is 16.8. The average molecular weight is 415 g/mol. The van der Waals surface area contributed by atoms with Crippen LogP contribution in [0, 0.1) is 6.92 Å². The number of nitrogens with one attached hydrogen (secondary N) is 1. The van der Waals surface area contributed by atoms with Crippen LogP contribution in [-0.2, 0) is 15.1 Å². The van der Waals surface area contributed by atoms with Gasteiger partial charge in [0, 0.05) is 17.3 Å². The third kappa shape index (κ3) is 7.32. The number of carbonyl (C=O) groups is 1. The monoisotopic (exact) mass is 415 g/mol. The molecular formula is C20H21N3O5S. The molecule has 29 heavy (non-hydrogen) atoms. The largest absolute Gasteiger partial charge is 0.487 e. The first-order valence-corrected chi connectivity index (χ1v) is 9.92. The van der Waals surface area contributed by atoms with E-state index < -0.39 is 10.3 Å². The highest BCUT2D eigenvalue weighted by Crippen LogP contribution is 2.34. The van der Waals surface area contributed by atoms with Crippen molar-refractivity contribution in [2.45, 2.75) is 13.8 Å². The third-order valence-corrected chi connectivity index (χ3v) is 3.93. The van der Waals surface area contributed by atoms with E-state index in [4.69, 9.17) is 9.29 Å². The van der Waals surface area contributed by atoms with Gasteiger partial charge in [0.2, 0.25) is 0 Å². The summed E-state index contributed by atoms with van der Waals surface area (Å²) in [5.74, 6) is -0.187. The number of ether oxygens (including phenoxy) is 1. The van der Waals surface area contributed by atoms with Crippen LogP contribution in [0.4, 0.5) is 11.4 Å². The second kappa shape index (κ2) is 9.76. The van der Waals surface area contributed by atoms with Crippen LogP contribution in [0.2, 0.25) is 0 Å². The Balaban J connectivity index is 2.28. The molecule has 0 heterocycles. The molecule has 2 aromatic carbocycles. The topological polar surface area (TPSA) is 117 Å². The van der Waals surface area contributed by atoms with E-state index in [1.165, 1.54) is 12.1 Å². The normalized spacial score (nSPS) is 11.7. The van der Waals surface area contributed by atoms with E-state index in [1.807, 2.05) is 36.4 Å². The predicted molar refractivity (Wildman–Crippen MR) is 112 cm³/mol. The van der Waals surface area contributed by atoms with Gasteiger partial charge >= 0.3 is 10.3 Å². The zero-order valence-electron chi connectivity index (χ0n) is 16.0. The van der Waals surface area contributed by atoms with E-state index in [0.29, 0.717) is 16.8 Å². The number of anilines is 1. The Morgan fingerprint density at radius 3 is 2.59 bits per heavy atom. The minimum absolute atomic E-state index is 0.0848. The summed E-state index contributed by atoms with van der Waals surface area (Å²) in [7, 11) is -4.65. The molecule has 0 aromatic heterocycles. The van der Waals surface area contributed by atoms with Crippen molar-refractivity contribution in [1.82, 2.24) is 0 Å². The molecule has 1 amide bonds. The molecule has 0 saturated heterocycles. The molecule has 0 fully saturated rings. The van der Waals surface area contributed by atoms with Crippen molar-refractivity contribution < 1.29 is 22.5 Å². The summed E-state index contributed by atoms with van der Waals surface area (Å²) in [4.78, 5) is 11.9. The third-order valence-electron chi connectivity index (χ3n) is 3.64. The summed E-state index contributed by atoms with van der Waals surface area (Å²) in [5.41, 5.74) is 2.44. The molecule has 2 aromatic rings. The van der Waals surface area contributed by atoms with Crippen LogP contribution in [0.1, 0.15) is 18.1 Å². The fourth-order valence-corrected chi connectivity index (χ4v) is 2.40. The van der Waals surface area contributed by atoms with E-state index in [-0.39, 0.29) is 24.0 Å². The van der Waals surface area contributed by atoms with Crippen molar-refractivity contribution in [1.29, 1.82) is 0 Å². The van der Waals surface area contributed by atoms with Gasteiger partial charge in [-0.25, -0.2) is 0 Å². The second-order valence-corrected chi connectivity index (χ2v) is 7.18. The Kier molecular flexibility index (Phi) is 7.40. The average Bonchev–Trinajstić information content (AvgIpc) is 2.66. The number of hydrogen-bond donors (Lipinski definition) is 2. The fourth-order valence-electron chi connectivity index (χ4n) is 2.21. The minimum atomic E-state index is -4.65. The summed E-state index contributed by atoms with van der Waals surface area (Å²) < 4.78 is 39.1. The van der Waals surface area contributed by atoms with Gasteiger partial charge in [-0.3, -0.25) is 9.35 Å². The lowest BCUT2D eigenvalue weighted by atomic mass is 10.1. The SMILES string of the molecule is C=C(C)C(=O)Nc1cc(OCC=Cc2ccccc2)c(N=NS(=O)(=O)O)cc1C. The van der Waals surface area contributed by atoms with Gasteiger partial charge in [-0.2, -0.15) is 8.42 Å². The van der Waals surface area contributed by atoms with Crippen molar-refractivity contribution in [3.05, 3.63) is 71.8 Å². The van der Waals surface area contributed by atoms with E-state index in [1.54, 1.807) is 19.9 Å². The maximum atomic E-state index is 11.9. The van der Waals surface area contributed by atoms with Gasteiger partial charge in [0.15, 0.2) is 0 Å². The number of carbonyl (C=O) groups excluding carboxylic acids is 1. The number of rotatable bonds is 8. The van der Waals surface area contributed by atoms with Crippen LogP contribution >= 0.6 is 0 Å². The van der Waals surface area contributed by atoms with Gasteiger partial charge in [0.05, 0.1) is 0 Å². The van der Waals surface area contributed by atoms with E-state index >= 15 is 0 Å². The summed E-state index contributed by atoms with van der Waals surface area (Å²) in [5, 5.41) is 6.23.